The predicted octanol–water partition coefficient (Wildman–Crippen LogP) is 4.63. The lowest BCUT2D eigenvalue weighted by Gasteiger charge is -2.30. The van der Waals surface area contributed by atoms with Crippen LogP contribution in [0.1, 0.15) is 54.4 Å². The minimum Gasteiger partial charge on any atom is -0.299 e. The highest BCUT2D eigenvalue weighted by Gasteiger charge is 2.47. The number of aryl methyl sites for hydroxylation is 1. The van der Waals surface area contributed by atoms with Gasteiger partial charge in [0, 0.05) is 37.0 Å². The largest absolute Gasteiger partial charge is 0.408 e. The summed E-state index contributed by atoms with van der Waals surface area (Å²) in [5.41, 5.74) is 3.06. The highest BCUT2D eigenvalue weighted by Crippen LogP contribution is 2.43. The Bertz CT molecular complexity index is 1280. The Balaban J connectivity index is 1.73. The van der Waals surface area contributed by atoms with Crippen LogP contribution in [-0.2, 0) is 23.3 Å². The highest BCUT2D eigenvalue weighted by molar-refractivity contribution is 6.12. The van der Waals surface area contributed by atoms with Crippen LogP contribution in [0.2, 0.25) is 0 Å². The van der Waals surface area contributed by atoms with E-state index in [1.165, 1.54) is 17.3 Å². The lowest BCUT2D eigenvalue weighted by Crippen LogP contribution is -2.39. The Morgan fingerprint density at radius 2 is 1.88 bits per heavy atom. The van der Waals surface area contributed by atoms with Crippen LogP contribution < -0.4 is 4.90 Å². The topological polar surface area (TPSA) is 81.0 Å². The van der Waals surface area contributed by atoms with E-state index in [0.717, 1.165) is 10.2 Å². The second-order valence-electron chi connectivity index (χ2n) is 8.91. The van der Waals surface area contributed by atoms with Gasteiger partial charge in [0.2, 0.25) is 0 Å². The summed E-state index contributed by atoms with van der Waals surface area (Å²) in [6.45, 7) is 5.95. The molecule has 34 heavy (non-hydrogen) atoms. The van der Waals surface area contributed by atoms with Gasteiger partial charge < -0.3 is 0 Å². The van der Waals surface area contributed by atoms with Crippen LogP contribution in [0.5, 0.6) is 0 Å². The van der Waals surface area contributed by atoms with Gasteiger partial charge in [0.1, 0.15) is 12.3 Å². The molecule has 0 spiro atoms. The van der Waals surface area contributed by atoms with Crippen LogP contribution in [0.3, 0.4) is 0 Å². The van der Waals surface area contributed by atoms with Crippen LogP contribution in [0, 0.1) is 6.92 Å². The Morgan fingerprint density at radius 1 is 1.15 bits per heavy atom. The maximum absolute atomic E-state index is 13.4. The zero-order chi connectivity index (χ0) is 24.8. The monoisotopic (exact) mass is 471 g/mol. The summed E-state index contributed by atoms with van der Waals surface area (Å²) in [6.07, 6.45) is 2.06. The number of alkyl halides is 3. The quantitative estimate of drug-likeness (QED) is 0.524. The number of hydrogen-bond donors (Lipinski definition) is 0. The molecule has 0 atom stereocenters. The van der Waals surface area contributed by atoms with Crippen molar-refractivity contribution in [1.29, 1.82) is 0 Å². The van der Waals surface area contributed by atoms with Gasteiger partial charge in [0.05, 0.1) is 34.4 Å². The summed E-state index contributed by atoms with van der Waals surface area (Å²) < 4.78 is 39.1. The van der Waals surface area contributed by atoms with E-state index in [0.29, 0.717) is 34.5 Å². The summed E-state index contributed by atoms with van der Waals surface area (Å²) >= 11 is 0. The Morgan fingerprint density at radius 3 is 2.56 bits per heavy atom. The molecule has 0 saturated heterocycles. The first-order chi connectivity index (χ1) is 15.9. The SMILES string of the molecule is CCC(=O)Cc1cncc(-c2cc(C)c3c(n2)C(C)(C)N(c2cnn(CC(F)(F)F)c2)C3=O)c1. The molecular weight excluding hydrogens is 447 g/mol. The van der Waals surface area contributed by atoms with Crippen molar-refractivity contribution < 1.29 is 22.8 Å². The number of hydrogen-bond acceptors (Lipinski definition) is 5. The standard InChI is InChI=1S/C24H24F3N5O2/c1-5-18(33)8-15-7-16(10-28-9-15)19-6-14(2)20-21(30-19)23(3,4)32(22(20)34)17-11-29-31(12-17)13-24(25,26)27/h6-7,9-12H,5,8,13H2,1-4H3. The molecular formula is C24H24F3N5O2. The van der Waals surface area contributed by atoms with E-state index in [1.807, 2.05) is 13.0 Å². The fourth-order valence-electron chi connectivity index (χ4n) is 4.26. The number of halogens is 3. The average molecular weight is 471 g/mol. The molecule has 178 valence electrons. The molecule has 0 aromatic carbocycles. The third-order valence-corrected chi connectivity index (χ3v) is 5.88. The molecule has 1 aliphatic rings. The number of Topliss-reactive ketones (excluding diaryl/α,β-unsaturated/α-hetero) is 1. The van der Waals surface area contributed by atoms with Gasteiger partial charge in [-0.15, -0.1) is 0 Å². The normalized spacial score (nSPS) is 15.0. The first-order valence-electron chi connectivity index (χ1n) is 10.8. The smallest absolute Gasteiger partial charge is 0.299 e. The molecule has 4 rings (SSSR count). The molecule has 3 aromatic heterocycles. The minimum atomic E-state index is -4.42. The van der Waals surface area contributed by atoms with Crippen LogP contribution in [0.25, 0.3) is 11.3 Å². The number of nitrogens with zero attached hydrogens (tertiary/aromatic N) is 5. The van der Waals surface area contributed by atoms with Crippen molar-refractivity contribution in [3.63, 3.8) is 0 Å². The van der Waals surface area contributed by atoms with Crippen molar-refractivity contribution in [3.8, 4) is 11.3 Å². The number of fused-ring (bicyclic) bond motifs is 1. The van der Waals surface area contributed by atoms with Gasteiger partial charge in [-0.3, -0.25) is 24.2 Å². The van der Waals surface area contributed by atoms with E-state index in [1.54, 1.807) is 39.2 Å². The second-order valence-corrected chi connectivity index (χ2v) is 8.91. The van der Waals surface area contributed by atoms with Crippen LogP contribution in [0.15, 0.2) is 36.9 Å². The maximum atomic E-state index is 13.4. The molecule has 10 heteroatoms. The lowest BCUT2D eigenvalue weighted by molar-refractivity contribution is -0.142. The zero-order valence-electron chi connectivity index (χ0n) is 19.3. The third kappa shape index (κ3) is 4.32. The van der Waals surface area contributed by atoms with E-state index >= 15 is 0 Å². The summed E-state index contributed by atoms with van der Waals surface area (Å²) in [5.74, 6) is -0.242. The van der Waals surface area contributed by atoms with E-state index in [2.05, 4.69) is 10.1 Å². The number of aromatic nitrogens is 4. The van der Waals surface area contributed by atoms with Crippen LogP contribution in [0.4, 0.5) is 18.9 Å². The van der Waals surface area contributed by atoms with E-state index in [9.17, 15) is 22.8 Å². The van der Waals surface area contributed by atoms with E-state index in [-0.39, 0.29) is 23.8 Å². The number of pyridine rings is 2. The zero-order valence-corrected chi connectivity index (χ0v) is 19.3. The van der Waals surface area contributed by atoms with Gasteiger partial charge in [0.25, 0.3) is 5.91 Å². The number of rotatable bonds is 6. The van der Waals surface area contributed by atoms with Gasteiger partial charge in [-0.05, 0) is 44.0 Å². The van der Waals surface area contributed by atoms with E-state index < -0.39 is 18.3 Å². The molecule has 0 aliphatic carbocycles. The van der Waals surface area contributed by atoms with E-state index in [4.69, 9.17) is 4.98 Å². The summed E-state index contributed by atoms with van der Waals surface area (Å²) in [6, 6.07) is 3.64. The number of carbonyl (C=O) groups is 2. The minimum absolute atomic E-state index is 0.102. The molecule has 0 saturated carbocycles. The van der Waals surface area contributed by atoms with Gasteiger partial charge in [0.15, 0.2) is 0 Å². The van der Waals surface area contributed by atoms with Crippen molar-refractivity contribution >= 4 is 17.4 Å². The third-order valence-electron chi connectivity index (χ3n) is 5.88. The summed E-state index contributed by atoms with van der Waals surface area (Å²) in [7, 11) is 0. The number of anilines is 1. The first-order valence-corrected chi connectivity index (χ1v) is 10.8. The predicted molar refractivity (Wildman–Crippen MR) is 119 cm³/mol. The molecule has 7 nitrogen and oxygen atoms in total. The highest BCUT2D eigenvalue weighted by atomic mass is 19.4. The first kappa shape index (κ1) is 23.6. The van der Waals surface area contributed by atoms with Gasteiger partial charge in [-0.25, -0.2) is 4.98 Å². The Labute approximate surface area is 194 Å². The summed E-state index contributed by atoms with van der Waals surface area (Å²) in [4.78, 5) is 35.7. The average Bonchev–Trinajstić information content (AvgIpc) is 3.26. The van der Waals surface area contributed by atoms with Crippen molar-refractivity contribution in [3.05, 3.63) is 59.3 Å². The van der Waals surface area contributed by atoms with Crippen LogP contribution >= 0.6 is 0 Å². The fourth-order valence-corrected chi connectivity index (χ4v) is 4.26. The maximum Gasteiger partial charge on any atom is 0.408 e. The molecule has 0 radical (unpaired) electrons. The van der Waals surface area contributed by atoms with Gasteiger partial charge in [-0.1, -0.05) is 6.92 Å². The number of ketones is 1. The van der Waals surface area contributed by atoms with Crippen LogP contribution in [-0.4, -0.2) is 37.6 Å². The van der Waals surface area contributed by atoms with Crippen molar-refractivity contribution in [2.24, 2.45) is 0 Å². The molecule has 0 unspecified atom stereocenters. The summed E-state index contributed by atoms with van der Waals surface area (Å²) in [5, 5.41) is 3.78. The van der Waals surface area contributed by atoms with Gasteiger partial charge >= 0.3 is 6.18 Å². The molecule has 0 bridgehead atoms. The fraction of sp³-hybridized carbons (Fsp3) is 0.375. The van der Waals surface area contributed by atoms with Crippen molar-refractivity contribution in [1.82, 2.24) is 19.7 Å². The molecule has 4 heterocycles. The number of carbonyl (C=O) groups excluding carboxylic acids is 2. The second kappa shape index (κ2) is 8.34. The molecule has 0 fully saturated rings. The molecule has 0 N–H and O–H groups in total. The van der Waals surface area contributed by atoms with Crippen molar-refractivity contribution in [2.75, 3.05) is 4.90 Å². The Kier molecular flexibility index (Phi) is 5.79. The molecule has 1 amide bonds. The Hall–Kier alpha value is -3.56. The molecule has 3 aromatic rings. The number of amides is 1. The van der Waals surface area contributed by atoms with Crippen molar-refractivity contribution in [2.45, 2.75) is 58.8 Å². The lowest BCUT2D eigenvalue weighted by atomic mass is 9.95. The molecule has 1 aliphatic heterocycles. The van der Waals surface area contributed by atoms with Gasteiger partial charge in [-0.2, -0.15) is 18.3 Å².